The molecule has 0 saturated heterocycles. The highest BCUT2D eigenvalue weighted by atomic mass is 31.2. The number of carbonyl (C=O) groups is 1. The number of nitrogens with one attached hydrogen (secondary N) is 1. The maximum atomic E-state index is 12.9. The summed E-state index contributed by atoms with van der Waals surface area (Å²) in [6, 6.07) is -0.884. The number of rotatable bonds is 49. The number of aliphatic hydroxyl groups excluding tert-OH is 1. The number of hydrogen-bond acceptors (Lipinski definition) is 6. The quantitative estimate of drug-likeness (QED) is 0.0273. The van der Waals surface area contributed by atoms with Gasteiger partial charge in [-0.2, -0.15) is 0 Å². The van der Waals surface area contributed by atoms with E-state index >= 15 is 0 Å². The number of phosphoric acid groups is 1. The summed E-state index contributed by atoms with van der Waals surface area (Å²) in [5, 5.41) is 13.8. The lowest BCUT2D eigenvalue weighted by Gasteiger charge is -2.29. The van der Waals surface area contributed by atoms with Crippen molar-refractivity contribution in [3.8, 4) is 0 Å². The van der Waals surface area contributed by atoms with Crippen molar-refractivity contribution in [3.63, 3.8) is 0 Å². The van der Waals surface area contributed by atoms with Crippen molar-refractivity contribution in [2.75, 3.05) is 40.9 Å². The van der Waals surface area contributed by atoms with Crippen molar-refractivity contribution in [2.24, 2.45) is 0 Å². The highest BCUT2D eigenvalue weighted by Crippen LogP contribution is 2.38. The van der Waals surface area contributed by atoms with E-state index in [0.29, 0.717) is 17.4 Å². The normalized spacial score (nSPS) is 14.2. The average Bonchev–Trinajstić information content (AvgIpc) is 3.23. The number of likely N-dealkylation sites (N-methyl/N-ethyl adjacent to an activating group) is 1. The van der Waals surface area contributed by atoms with Crippen LogP contribution >= 0.6 is 7.82 Å². The first-order valence-electron chi connectivity index (χ1n) is 26.7. The van der Waals surface area contributed by atoms with Crippen LogP contribution in [0.5, 0.6) is 0 Å². The summed E-state index contributed by atoms with van der Waals surface area (Å²) in [4.78, 5) is 25.4. The Morgan fingerprint density at radius 1 is 0.548 bits per heavy atom. The summed E-state index contributed by atoms with van der Waals surface area (Å²) in [6.07, 6.45) is 55.3. The van der Waals surface area contributed by atoms with Crippen molar-refractivity contribution >= 4 is 13.7 Å². The van der Waals surface area contributed by atoms with Gasteiger partial charge in [0.05, 0.1) is 39.9 Å². The summed E-state index contributed by atoms with van der Waals surface area (Å²) in [5.74, 6) is -0.196. The van der Waals surface area contributed by atoms with Crippen LogP contribution in [-0.2, 0) is 18.4 Å². The molecule has 0 saturated carbocycles. The molecule has 0 radical (unpaired) electrons. The molecule has 9 heteroatoms. The predicted molar refractivity (Wildman–Crippen MR) is 265 cm³/mol. The van der Waals surface area contributed by atoms with Crippen LogP contribution in [0.15, 0.2) is 24.3 Å². The van der Waals surface area contributed by atoms with Gasteiger partial charge in [-0.15, -0.1) is 0 Å². The third-order valence-electron chi connectivity index (χ3n) is 12.2. The SMILES string of the molecule is CCCCCCCCCCCCCC/C=C\CCCCCCCCCCCCC(=O)NC(COP(=O)([O-])OCC[N+](C)(C)C)C(O)/C=C/CCCCCCCCCCCCCC. The van der Waals surface area contributed by atoms with E-state index in [-0.39, 0.29) is 19.1 Å². The maximum Gasteiger partial charge on any atom is 0.268 e. The van der Waals surface area contributed by atoms with Crippen LogP contribution < -0.4 is 10.2 Å². The highest BCUT2D eigenvalue weighted by Gasteiger charge is 2.23. The van der Waals surface area contributed by atoms with E-state index in [2.05, 4.69) is 31.3 Å². The summed E-state index contributed by atoms with van der Waals surface area (Å²) >= 11 is 0. The van der Waals surface area contributed by atoms with Crippen LogP contribution in [0.1, 0.15) is 258 Å². The number of nitrogens with zero attached hydrogens (tertiary/aromatic N) is 1. The first-order chi connectivity index (χ1) is 30.0. The number of amides is 1. The maximum absolute atomic E-state index is 12.9. The van der Waals surface area contributed by atoms with Crippen LogP contribution in [0, 0.1) is 0 Å². The fourth-order valence-corrected chi connectivity index (χ4v) is 8.64. The van der Waals surface area contributed by atoms with Crippen LogP contribution in [0.2, 0.25) is 0 Å². The van der Waals surface area contributed by atoms with E-state index in [0.717, 1.165) is 38.5 Å². The van der Waals surface area contributed by atoms with Crippen LogP contribution in [0.25, 0.3) is 0 Å². The zero-order chi connectivity index (χ0) is 45.7. The van der Waals surface area contributed by atoms with Crippen LogP contribution in [-0.4, -0.2) is 68.5 Å². The Balaban J connectivity index is 4.17. The molecule has 0 spiro atoms. The fourth-order valence-electron chi connectivity index (χ4n) is 7.91. The van der Waals surface area contributed by atoms with E-state index in [1.54, 1.807) is 6.08 Å². The molecule has 0 aliphatic heterocycles. The summed E-state index contributed by atoms with van der Waals surface area (Å²) < 4.78 is 23.3. The molecule has 1 amide bonds. The van der Waals surface area contributed by atoms with Crippen LogP contribution in [0.3, 0.4) is 0 Å². The zero-order valence-corrected chi connectivity index (χ0v) is 42.7. The second-order valence-electron chi connectivity index (χ2n) is 19.6. The Labute approximate surface area is 385 Å². The van der Waals surface area contributed by atoms with E-state index in [1.807, 2.05) is 27.2 Å². The monoisotopic (exact) mass is 897 g/mol. The molecule has 0 aromatic heterocycles. The molecule has 0 rings (SSSR count). The lowest BCUT2D eigenvalue weighted by Crippen LogP contribution is -2.45. The number of allylic oxidation sites excluding steroid dienone is 3. The molecule has 3 unspecified atom stereocenters. The molecule has 62 heavy (non-hydrogen) atoms. The number of carbonyl (C=O) groups excluding carboxylic acids is 1. The van der Waals surface area contributed by atoms with Gasteiger partial charge in [-0.3, -0.25) is 9.36 Å². The van der Waals surface area contributed by atoms with Gasteiger partial charge in [0.1, 0.15) is 13.2 Å². The summed E-state index contributed by atoms with van der Waals surface area (Å²) in [5.41, 5.74) is 0. The molecule has 0 bridgehead atoms. The molecule has 8 nitrogen and oxygen atoms in total. The largest absolute Gasteiger partial charge is 0.756 e. The second kappa shape index (κ2) is 45.1. The minimum Gasteiger partial charge on any atom is -0.756 e. The van der Waals surface area contributed by atoms with Gasteiger partial charge in [0.25, 0.3) is 7.82 Å². The standard InChI is InChI=1S/C53H105N2O6P/c1-6-8-10-12-14-16-18-20-22-23-24-25-26-27-28-29-30-31-32-33-35-37-39-41-43-45-47-53(57)54-51(50-61-62(58,59)60-49-48-55(3,4)5)52(56)46-44-42-40-38-36-34-21-19-17-15-13-11-9-7-2/h27-28,44,46,51-52,56H,6-26,29-43,45,47-50H2,1-5H3,(H-,54,57,58,59)/b28-27-,46-44+. The smallest absolute Gasteiger partial charge is 0.268 e. The van der Waals surface area contributed by atoms with Crippen molar-refractivity contribution in [1.29, 1.82) is 0 Å². The van der Waals surface area contributed by atoms with Crippen molar-refractivity contribution in [3.05, 3.63) is 24.3 Å². The minimum atomic E-state index is -4.59. The van der Waals surface area contributed by atoms with Gasteiger partial charge in [0.2, 0.25) is 5.91 Å². The van der Waals surface area contributed by atoms with Crippen molar-refractivity contribution in [2.45, 2.75) is 270 Å². The van der Waals surface area contributed by atoms with Crippen molar-refractivity contribution in [1.82, 2.24) is 5.32 Å². The third-order valence-corrected chi connectivity index (χ3v) is 13.1. The number of aliphatic hydroxyl groups is 1. The van der Waals surface area contributed by atoms with E-state index in [4.69, 9.17) is 9.05 Å². The average molecular weight is 897 g/mol. The molecular formula is C53H105N2O6P. The summed E-state index contributed by atoms with van der Waals surface area (Å²) in [6.45, 7) is 4.67. The van der Waals surface area contributed by atoms with Gasteiger partial charge in [-0.25, -0.2) is 0 Å². The second-order valence-corrected chi connectivity index (χ2v) is 21.0. The molecule has 0 fully saturated rings. The van der Waals surface area contributed by atoms with Crippen LogP contribution in [0.4, 0.5) is 0 Å². The van der Waals surface area contributed by atoms with Crippen molar-refractivity contribution < 1.29 is 32.9 Å². The topological polar surface area (TPSA) is 108 Å². The molecular weight excluding hydrogens is 792 g/mol. The predicted octanol–water partition coefficient (Wildman–Crippen LogP) is 15.0. The molecule has 0 aliphatic carbocycles. The number of quaternary nitrogens is 1. The van der Waals surface area contributed by atoms with Gasteiger partial charge < -0.3 is 28.8 Å². The molecule has 0 aromatic carbocycles. The third kappa shape index (κ3) is 47.0. The fraction of sp³-hybridized carbons (Fsp3) is 0.906. The van der Waals surface area contributed by atoms with E-state index < -0.39 is 20.0 Å². The van der Waals surface area contributed by atoms with Gasteiger partial charge >= 0.3 is 0 Å². The van der Waals surface area contributed by atoms with E-state index in [9.17, 15) is 19.4 Å². The Morgan fingerprint density at radius 3 is 1.26 bits per heavy atom. The Kier molecular flexibility index (Phi) is 44.4. The Hall–Kier alpha value is -1.02. The number of phosphoric ester groups is 1. The first kappa shape index (κ1) is 61.0. The Bertz CT molecular complexity index is 1060. The lowest BCUT2D eigenvalue weighted by molar-refractivity contribution is -0.870. The zero-order valence-electron chi connectivity index (χ0n) is 41.8. The summed E-state index contributed by atoms with van der Waals surface area (Å²) in [7, 11) is 1.27. The lowest BCUT2D eigenvalue weighted by atomic mass is 10.0. The number of unbranched alkanes of at least 4 members (excludes halogenated alkanes) is 34. The molecule has 368 valence electrons. The van der Waals surface area contributed by atoms with Gasteiger partial charge in [0.15, 0.2) is 0 Å². The first-order valence-corrected chi connectivity index (χ1v) is 28.2. The molecule has 2 N–H and O–H groups in total. The van der Waals surface area contributed by atoms with Gasteiger partial charge in [-0.1, -0.05) is 231 Å². The Morgan fingerprint density at radius 2 is 0.887 bits per heavy atom. The molecule has 0 heterocycles. The molecule has 3 atom stereocenters. The van der Waals surface area contributed by atoms with Gasteiger partial charge in [0, 0.05) is 6.42 Å². The molecule has 0 aliphatic rings. The van der Waals surface area contributed by atoms with E-state index in [1.165, 1.54) is 199 Å². The number of hydrogen-bond donors (Lipinski definition) is 2. The highest BCUT2D eigenvalue weighted by molar-refractivity contribution is 7.45. The minimum absolute atomic E-state index is 0.000232. The molecule has 0 aromatic rings. The van der Waals surface area contributed by atoms with Gasteiger partial charge in [-0.05, 0) is 44.9 Å².